The third kappa shape index (κ3) is 2.83. The average Bonchev–Trinajstić information content (AvgIpc) is 2.81. The first-order chi connectivity index (χ1) is 8.91. The fraction of sp³-hybridized carbons (Fsp3) is 0.182. The summed E-state index contributed by atoms with van der Waals surface area (Å²) in [5, 5.41) is 3.33. The highest BCUT2D eigenvalue weighted by molar-refractivity contribution is 6.11. The molecule has 0 unspecified atom stereocenters. The molecule has 0 fully saturated rings. The van der Waals surface area contributed by atoms with E-state index in [0.29, 0.717) is 5.56 Å². The highest BCUT2D eigenvalue weighted by Gasteiger charge is 2.38. The van der Waals surface area contributed by atoms with E-state index < -0.39 is 12.1 Å². The molecule has 0 atom stereocenters. The number of hydrogen-bond donors (Lipinski definition) is 0. The molecule has 0 radical (unpaired) electrons. The number of aromatic nitrogens is 2. The molecule has 0 saturated heterocycles. The molecule has 98 valence electrons. The van der Waals surface area contributed by atoms with Crippen molar-refractivity contribution in [2.75, 3.05) is 0 Å². The predicted octanol–water partition coefficient (Wildman–Crippen LogP) is 2.03. The topological polar surface area (TPSA) is 51.3 Å². The van der Waals surface area contributed by atoms with Crippen molar-refractivity contribution in [1.82, 2.24) is 10.1 Å². The first kappa shape index (κ1) is 13.3. The van der Waals surface area contributed by atoms with Crippen molar-refractivity contribution in [1.29, 1.82) is 0 Å². The van der Waals surface area contributed by atoms with E-state index in [-0.39, 0.29) is 5.82 Å². The predicted molar refractivity (Wildman–Crippen MR) is 65.6 cm³/mol. The lowest BCUT2D eigenvalue weighted by molar-refractivity contribution is -0.159. The lowest BCUT2D eigenvalue weighted by Crippen LogP contribution is -2.04. The first-order valence-corrected chi connectivity index (χ1v) is 5.36. The Morgan fingerprint density at radius 2 is 2.11 bits per heavy atom. The molecule has 19 heavy (non-hydrogen) atoms. The smallest absolute Gasteiger partial charge is 0.358 e. The van der Waals surface area contributed by atoms with Gasteiger partial charge in [-0.25, -0.2) is 0 Å². The van der Waals surface area contributed by atoms with Crippen molar-refractivity contribution in [3.63, 3.8) is 0 Å². The molecule has 0 amide bonds. The van der Waals surface area contributed by atoms with Crippen molar-refractivity contribution >= 4 is 14.2 Å². The maximum atomic E-state index is 12.4. The zero-order chi connectivity index (χ0) is 14.0. The van der Waals surface area contributed by atoms with Gasteiger partial charge in [0.25, 0.3) is 0 Å². The van der Waals surface area contributed by atoms with Gasteiger partial charge in [-0.3, -0.25) is 0 Å². The molecular formula is C11H9BF3N3O. The van der Waals surface area contributed by atoms with Crippen LogP contribution in [0.1, 0.15) is 17.0 Å². The van der Waals surface area contributed by atoms with E-state index >= 15 is 0 Å². The standard InChI is InChI=1S/C11H9BF3N3O/c1-6-2-3-7(4-8(6)5-16-12)9-17-10(19-18-9)11(13,14)15/h2-5H,12H2,1H3/b16-5-. The van der Waals surface area contributed by atoms with Crippen LogP contribution in [0.2, 0.25) is 0 Å². The molecule has 8 heteroatoms. The second-order valence-electron chi connectivity index (χ2n) is 3.88. The van der Waals surface area contributed by atoms with Gasteiger partial charge in [0.2, 0.25) is 13.8 Å². The summed E-state index contributed by atoms with van der Waals surface area (Å²) in [6.07, 6.45) is -3.02. The second-order valence-corrected chi connectivity index (χ2v) is 3.88. The highest BCUT2D eigenvalue weighted by Crippen LogP contribution is 2.29. The van der Waals surface area contributed by atoms with Crippen molar-refractivity contribution in [2.24, 2.45) is 4.90 Å². The number of halogens is 3. The maximum Gasteiger partial charge on any atom is 0.471 e. The fourth-order valence-corrected chi connectivity index (χ4v) is 1.51. The number of benzene rings is 1. The Balaban J connectivity index is 2.42. The third-order valence-corrected chi connectivity index (χ3v) is 2.47. The summed E-state index contributed by atoms with van der Waals surface area (Å²) in [5.74, 6) is -1.45. The number of aryl methyl sites for hydroxylation is 1. The van der Waals surface area contributed by atoms with Gasteiger partial charge in [0.05, 0.1) is 0 Å². The zero-order valence-electron chi connectivity index (χ0n) is 10.2. The van der Waals surface area contributed by atoms with E-state index in [4.69, 9.17) is 0 Å². The number of nitrogens with zero attached hydrogens (tertiary/aromatic N) is 3. The minimum atomic E-state index is -4.64. The minimum Gasteiger partial charge on any atom is -0.358 e. The van der Waals surface area contributed by atoms with Crippen LogP contribution in [0.5, 0.6) is 0 Å². The van der Waals surface area contributed by atoms with Crippen LogP contribution in [0.4, 0.5) is 13.2 Å². The van der Waals surface area contributed by atoms with Gasteiger partial charge in [-0.1, -0.05) is 17.3 Å². The Kier molecular flexibility index (Phi) is 3.41. The van der Waals surface area contributed by atoms with Crippen LogP contribution < -0.4 is 0 Å². The monoisotopic (exact) mass is 267 g/mol. The highest BCUT2D eigenvalue weighted by atomic mass is 19.4. The van der Waals surface area contributed by atoms with Gasteiger partial charge in [-0.05, 0) is 24.1 Å². The van der Waals surface area contributed by atoms with Crippen LogP contribution in [0.25, 0.3) is 11.4 Å². The van der Waals surface area contributed by atoms with E-state index in [1.54, 1.807) is 32.4 Å². The molecule has 0 spiro atoms. The normalized spacial score (nSPS) is 12.2. The van der Waals surface area contributed by atoms with E-state index in [1.165, 1.54) is 0 Å². The van der Waals surface area contributed by atoms with Crippen LogP contribution in [-0.4, -0.2) is 24.3 Å². The molecule has 1 aromatic carbocycles. The number of alkyl halides is 3. The molecule has 0 N–H and O–H groups in total. The summed E-state index contributed by atoms with van der Waals surface area (Å²) in [4.78, 5) is 7.21. The van der Waals surface area contributed by atoms with Crippen LogP contribution in [0.3, 0.4) is 0 Å². The summed E-state index contributed by atoms with van der Waals surface area (Å²) in [5.41, 5.74) is 2.19. The Morgan fingerprint density at radius 1 is 1.37 bits per heavy atom. The van der Waals surface area contributed by atoms with Crippen LogP contribution >= 0.6 is 0 Å². The molecule has 2 rings (SSSR count). The fourth-order valence-electron chi connectivity index (χ4n) is 1.51. The van der Waals surface area contributed by atoms with Gasteiger partial charge in [-0.2, -0.15) is 18.2 Å². The van der Waals surface area contributed by atoms with Crippen LogP contribution in [0.15, 0.2) is 27.6 Å². The van der Waals surface area contributed by atoms with Crippen molar-refractivity contribution in [3.05, 3.63) is 35.2 Å². The Bertz CT molecular complexity index is 622. The molecule has 0 aliphatic carbocycles. The third-order valence-electron chi connectivity index (χ3n) is 2.47. The van der Waals surface area contributed by atoms with Gasteiger partial charge in [0.15, 0.2) is 0 Å². The van der Waals surface area contributed by atoms with Gasteiger partial charge >= 0.3 is 12.1 Å². The van der Waals surface area contributed by atoms with Gasteiger partial charge in [-0.15, -0.1) is 0 Å². The molecule has 0 aliphatic rings. The average molecular weight is 267 g/mol. The minimum absolute atomic E-state index is 0.0990. The summed E-state index contributed by atoms with van der Waals surface area (Å²) in [7, 11) is 1.61. The SMILES string of the molecule is B/N=C\c1cc(-c2noc(C(F)(F)F)n2)ccc1C. The maximum absolute atomic E-state index is 12.4. The number of rotatable bonds is 2. The molecule has 1 heterocycles. The molecule has 0 bridgehead atoms. The van der Waals surface area contributed by atoms with Gasteiger partial charge in [0, 0.05) is 11.8 Å². The van der Waals surface area contributed by atoms with Gasteiger partial charge in [0.1, 0.15) is 0 Å². The second kappa shape index (κ2) is 4.87. The van der Waals surface area contributed by atoms with E-state index in [9.17, 15) is 13.2 Å². The Labute approximate surface area is 107 Å². The molecule has 2 aromatic rings. The Morgan fingerprint density at radius 3 is 2.68 bits per heavy atom. The first-order valence-electron chi connectivity index (χ1n) is 5.36. The summed E-state index contributed by atoms with van der Waals surface area (Å²) < 4.78 is 41.3. The lowest BCUT2D eigenvalue weighted by Gasteiger charge is -2.01. The molecule has 4 nitrogen and oxygen atoms in total. The van der Waals surface area contributed by atoms with Crippen molar-refractivity contribution in [2.45, 2.75) is 13.1 Å². The largest absolute Gasteiger partial charge is 0.471 e. The van der Waals surface area contributed by atoms with Crippen molar-refractivity contribution < 1.29 is 17.7 Å². The summed E-state index contributed by atoms with van der Waals surface area (Å²) >= 11 is 0. The zero-order valence-corrected chi connectivity index (χ0v) is 10.2. The summed E-state index contributed by atoms with van der Waals surface area (Å²) in [6, 6.07) is 5.05. The quantitative estimate of drug-likeness (QED) is 0.618. The van der Waals surface area contributed by atoms with E-state index in [1.807, 2.05) is 6.92 Å². The van der Waals surface area contributed by atoms with Crippen LogP contribution in [0, 0.1) is 6.92 Å². The molecule has 1 aromatic heterocycles. The van der Waals surface area contributed by atoms with Crippen LogP contribution in [-0.2, 0) is 6.18 Å². The molecule has 0 aliphatic heterocycles. The molecular weight excluding hydrogens is 258 g/mol. The van der Waals surface area contributed by atoms with Crippen molar-refractivity contribution in [3.8, 4) is 11.4 Å². The number of hydrogen-bond acceptors (Lipinski definition) is 4. The molecule has 0 saturated carbocycles. The summed E-state index contributed by atoms with van der Waals surface area (Å²) in [6.45, 7) is 1.87. The van der Waals surface area contributed by atoms with E-state index in [0.717, 1.165) is 11.1 Å². The lowest BCUT2D eigenvalue weighted by atomic mass is 10.1. The Hall–Kier alpha value is -2.12. The van der Waals surface area contributed by atoms with E-state index in [2.05, 4.69) is 19.6 Å². The van der Waals surface area contributed by atoms with Gasteiger partial charge < -0.3 is 9.43 Å².